The summed E-state index contributed by atoms with van der Waals surface area (Å²) in [6, 6.07) is 0. The monoisotopic (exact) mass is 233 g/mol. The minimum absolute atomic E-state index is 0.0240. The molecular weight excluding hydrogens is 222 g/mol. The predicted octanol–water partition coefficient (Wildman–Crippen LogP) is 1.35. The van der Waals surface area contributed by atoms with E-state index >= 15 is 0 Å². The van der Waals surface area contributed by atoms with Gasteiger partial charge < -0.3 is 5.11 Å². The molecule has 0 heterocycles. The molecule has 0 bridgehead atoms. The lowest BCUT2D eigenvalue weighted by Crippen LogP contribution is -2.26. The van der Waals surface area contributed by atoms with Crippen molar-refractivity contribution in [1.82, 2.24) is 5.32 Å². The summed E-state index contributed by atoms with van der Waals surface area (Å²) in [5.41, 5.74) is -0.0716. The normalized spacial score (nSPS) is 23.5. The van der Waals surface area contributed by atoms with Crippen molar-refractivity contribution < 1.29 is 19.5 Å². The van der Waals surface area contributed by atoms with Gasteiger partial charge >= 0.3 is 6.09 Å². The Morgan fingerprint density at radius 3 is 2.71 bits per heavy atom. The Balaban J connectivity index is 3.08. The van der Waals surface area contributed by atoms with Gasteiger partial charge in [-0.3, -0.25) is 14.9 Å². The Morgan fingerprint density at radius 1 is 1.35 bits per heavy atom. The van der Waals surface area contributed by atoms with E-state index in [0.29, 0.717) is 0 Å². The number of rotatable bonds is 1. The van der Waals surface area contributed by atoms with Crippen LogP contribution in [0, 0.1) is 0 Å². The van der Waals surface area contributed by atoms with E-state index in [1.807, 2.05) is 5.32 Å². The summed E-state index contributed by atoms with van der Waals surface area (Å²) in [4.78, 5) is 33.6. The molecule has 2 N–H and O–H groups in total. The molecule has 0 aromatic carbocycles. The number of ketones is 2. The first-order chi connectivity index (χ1) is 8.00. The van der Waals surface area contributed by atoms with Crippen molar-refractivity contribution in [3.63, 3.8) is 0 Å². The Labute approximate surface area is 97.8 Å². The summed E-state index contributed by atoms with van der Waals surface area (Å²) in [5, 5.41) is 10.5. The second-order valence-corrected chi connectivity index (χ2v) is 3.29. The fourth-order valence-electron chi connectivity index (χ4n) is 1.14. The molecule has 0 atom stereocenters. The Hall–Kier alpha value is -2.43. The molecule has 17 heavy (non-hydrogen) atoms. The second-order valence-electron chi connectivity index (χ2n) is 3.29. The minimum atomic E-state index is -1.39. The van der Waals surface area contributed by atoms with Crippen molar-refractivity contribution in [1.29, 1.82) is 0 Å². The third kappa shape index (κ3) is 3.90. The highest BCUT2D eigenvalue weighted by Crippen LogP contribution is 2.05. The van der Waals surface area contributed by atoms with Crippen LogP contribution in [0.5, 0.6) is 0 Å². The van der Waals surface area contributed by atoms with Gasteiger partial charge in [0.05, 0.1) is 5.70 Å². The maximum absolute atomic E-state index is 11.6. The number of nitrogens with one attached hydrogen (secondary N) is 1. The van der Waals surface area contributed by atoms with E-state index in [4.69, 9.17) is 5.11 Å². The zero-order valence-corrected chi connectivity index (χ0v) is 8.97. The first-order valence-corrected chi connectivity index (χ1v) is 4.82. The molecule has 1 aliphatic carbocycles. The molecular formula is C12H11NO4. The van der Waals surface area contributed by atoms with Crippen LogP contribution in [0.2, 0.25) is 0 Å². The van der Waals surface area contributed by atoms with Crippen LogP contribution in [-0.2, 0) is 9.59 Å². The van der Waals surface area contributed by atoms with E-state index < -0.39 is 17.7 Å². The van der Waals surface area contributed by atoms with E-state index in [1.54, 1.807) is 18.2 Å². The maximum Gasteiger partial charge on any atom is 0.409 e. The van der Waals surface area contributed by atoms with Gasteiger partial charge in [0.25, 0.3) is 0 Å². The summed E-state index contributed by atoms with van der Waals surface area (Å²) in [6.07, 6.45) is 5.83. The van der Waals surface area contributed by atoms with Crippen LogP contribution in [0.4, 0.5) is 4.79 Å². The molecule has 88 valence electrons. The molecule has 0 radical (unpaired) electrons. The molecule has 0 aliphatic heterocycles. The van der Waals surface area contributed by atoms with Crippen molar-refractivity contribution in [2.45, 2.75) is 6.42 Å². The van der Waals surface area contributed by atoms with Crippen molar-refractivity contribution in [2.24, 2.45) is 0 Å². The number of Topliss-reactive ketones (excluding diaryl/α,β-unsaturated/α-hetero) is 1. The number of hydrogen-bond acceptors (Lipinski definition) is 3. The summed E-state index contributed by atoms with van der Waals surface area (Å²) >= 11 is 0. The SMILES string of the molecule is C=C1/C=C\C=C/CC(=O)/C(NC(=O)O)=C\C1=O. The van der Waals surface area contributed by atoms with Crippen LogP contribution >= 0.6 is 0 Å². The highest BCUT2D eigenvalue weighted by molar-refractivity contribution is 6.11. The van der Waals surface area contributed by atoms with Crippen molar-refractivity contribution in [2.75, 3.05) is 0 Å². The fourth-order valence-corrected chi connectivity index (χ4v) is 1.14. The molecule has 0 saturated carbocycles. The zero-order valence-electron chi connectivity index (χ0n) is 8.97. The van der Waals surface area contributed by atoms with E-state index in [9.17, 15) is 14.4 Å². The molecule has 1 amide bonds. The van der Waals surface area contributed by atoms with Gasteiger partial charge in [-0.25, -0.2) is 4.79 Å². The molecule has 0 saturated heterocycles. The summed E-state index contributed by atoms with van der Waals surface area (Å²) in [7, 11) is 0. The van der Waals surface area contributed by atoms with Crippen LogP contribution in [0.25, 0.3) is 0 Å². The largest absolute Gasteiger partial charge is 0.465 e. The molecule has 0 aromatic heterocycles. The number of hydrogen-bond donors (Lipinski definition) is 2. The molecule has 5 heteroatoms. The minimum Gasteiger partial charge on any atom is -0.465 e. The van der Waals surface area contributed by atoms with Crippen LogP contribution < -0.4 is 5.32 Å². The molecule has 0 spiro atoms. The van der Waals surface area contributed by atoms with Crippen molar-refractivity contribution in [3.05, 3.63) is 48.2 Å². The summed E-state index contributed by atoms with van der Waals surface area (Å²) in [5.74, 6) is -0.978. The van der Waals surface area contributed by atoms with Crippen LogP contribution in [0.3, 0.4) is 0 Å². The standard InChI is InChI=1S/C12H11NO4/c1-8-5-3-2-4-6-10(14)9(7-11(8)15)13-12(16)17/h2-5,7,13H,1,6H2,(H,16,17)/b4-2-,5-3-,9-7+. The molecule has 5 nitrogen and oxygen atoms in total. The van der Waals surface area contributed by atoms with Crippen LogP contribution in [-0.4, -0.2) is 22.8 Å². The Bertz CT molecular complexity index is 469. The lowest BCUT2D eigenvalue weighted by atomic mass is 10.1. The smallest absolute Gasteiger partial charge is 0.409 e. The number of carbonyl (C=O) groups is 3. The lowest BCUT2D eigenvalue weighted by molar-refractivity contribution is -0.116. The van der Waals surface area contributed by atoms with Gasteiger partial charge in [0.15, 0.2) is 11.6 Å². The van der Waals surface area contributed by atoms with Gasteiger partial charge in [-0.2, -0.15) is 0 Å². The average molecular weight is 233 g/mol. The molecule has 0 fully saturated rings. The zero-order chi connectivity index (χ0) is 12.8. The van der Waals surface area contributed by atoms with Crippen molar-refractivity contribution >= 4 is 17.7 Å². The van der Waals surface area contributed by atoms with Crippen LogP contribution in [0.15, 0.2) is 48.2 Å². The predicted molar refractivity (Wildman–Crippen MR) is 61.3 cm³/mol. The second kappa shape index (κ2) is 5.60. The van der Waals surface area contributed by atoms with Gasteiger partial charge in [0.1, 0.15) is 0 Å². The first kappa shape index (κ1) is 12.6. The highest BCUT2D eigenvalue weighted by Gasteiger charge is 2.14. The van der Waals surface area contributed by atoms with Gasteiger partial charge in [0, 0.05) is 18.1 Å². The van der Waals surface area contributed by atoms with Crippen molar-refractivity contribution in [3.8, 4) is 0 Å². The lowest BCUT2D eigenvalue weighted by Gasteiger charge is -2.05. The molecule has 0 unspecified atom stereocenters. The van der Waals surface area contributed by atoms with E-state index in [2.05, 4.69) is 6.58 Å². The van der Waals surface area contributed by atoms with E-state index in [0.717, 1.165) is 6.08 Å². The van der Waals surface area contributed by atoms with E-state index in [1.165, 1.54) is 6.08 Å². The quantitative estimate of drug-likeness (QED) is 0.669. The third-order valence-electron chi connectivity index (χ3n) is 1.98. The van der Waals surface area contributed by atoms with Gasteiger partial charge in [0.2, 0.25) is 0 Å². The average Bonchev–Trinajstić information content (AvgIpc) is 2.25. The Morgan fingerprint density at radius 2 is 2.06 bits per heavy atom. The number of allylic oxidation sites excluding steroid dienone is 7. The fraction of sp³-hybridized carbons (Fsp3) is 0.0833. The maximum atomic E-state index is 11.6. The topological polar surface area (TPSA) is 83.5 Å². The first-order valence-electron chi connectivity index (χ1n) is 4.82. The Kier molecular flexibility index (Phi) is 4.16. The summed E-state index contributed by atoms with van der Waals surface area (Å²) in [6.45, 7) is 3.51. The van der Waals surface area contributed by atoms with Gasteiger partial charge in [-0.15, -0.1) is 0 Å². The number of carbonyl (C=O) groups excluding carboxylic acids is 2. The van der Waals surface area contributed by atoms with Crippen LogP contribution in [0.1, 0.15) is 6.42 Å². The third-order valence-corrected chi connectivity index (χ3v) is 1.98. The van der Waals surface area contributed by atoms with Gasteiger partial charge in [-0.05, 0) is 0 Å². The molecule has 1 aliphatic rings. The summed E-state index contributed by atoms with van der Waals surface area (Å²) < 4.78 is 0. The van der Waals surface area contributed by atoms with E-state index in [-0.39, 0.29) is 17.7 Å². The molecule has 1 rings (SSSR count). The van der Waals surface area contributed by atoms with Gasteiger partial charge in [-0.1, -0.05) is 30.9 Å². The number of amides is 1. The molecule has 0 aromatic rings. The highest BCUT2D eigenvalue weighted by atomic mass is 16.4. The number of carboxylic acid groups (broad SMARTS) is 1.